The van der Waals surface area contributed by atoms with Crippen LogP contribution in [0.3, 0.4) is 0 Å². The zero-order valence-electron chi connectivity index (χ0n) is 19.0. The van der Waals surface area contributed by atoms with Crippen LogP contribution in [0.4, 0.5) is 0 Å². The molecule has 0 nitrogen and oxygen atoms in total. The van der Waals surface area contributed by atoms with Gasteiger partial charge < -0.3 is 0 Å². The third kappa shape index (κ3) is 5.35. The molecule has 0 amide bonds. The summed E-state index contributed by atoms with van der Waals surface area (Å²) in [5.41, 5.74) is 11.8. The van der Waals surface area contributed by atoms with Crippen LogP contribution in [0.1, 0.15) is 27.8 Å². The zero-order valence-corrected chi connectivity index (χ0v) is 20.0. The average Bonchev–Trinajstić information content (AvgIpc) is 2.83. The van der Waals surface area contributed by atoms with E-state index in [1.165, 1.54) is 33.4 Å². The fourth-order valence-electron chi connectivity index (χ4n) is 3.71. The molecule has 0 radical (unpaired) electrons. The monoisotopic (exact) mass is 428 g/mol. The van der Waals surface area contributed by atoms with Crippen LogP contribution in [0.25, 0.3) is 11.1 Å². The van der Waals surface area contributed by atoms with Crippen molar-refractivity contribution in [3.8, 4) is 11.5 Å². The van der Waals surface area contributed by atoms with Crippen molar-refractivity contribution in [3.05, 3.63) is 143 Å². The molecule has 0 aliphatic rings. The maximum atomic E-state index is 3.47. The van der Waals surface area contributed by atoms with Gasteiger partial charge in [-0.2, -0.15) is 0 Å². The molecule has 156 valence electrons. The van der Waals surface area contributed by atoms with Gasteiger partial charge in [-0.05, 0) is 45.5 Å². The van der Waals surface area contributed by atoms with Crippen molar-refractivity contribution in [1.29, 1.82) is 0 Å². The van der Waals surface area contributed by atoms with Gasteiger partial charge in [-0.15, -0.1) is 5.54 Å². The standard InChI is InChI=1S/C31H28Si/c1-32(2,3)24-23-25-19-21-29(22-20-25)31(28-17-11-6-12-18-28)30(26-13-7-4-8-14-26)27-15-9-5-10-16-27/h4-22H,1-3H3. The van der Waals surface area contributed by atoms with Crippen LogP contribution in [0.5, 0.6) is 0 Å². The molecule has 0 unspecified atom stereocenters. The van der Waals surface area contributed by atoms with Crippen molar-refractivity contribution in [1.82, 2.24) is 0 Å². The minimum Gasteiger partial charge on any atom is -0.127 e. The molecule has 1 heteroatoms. The number of hydrogen-bond acceptors (Lipinski definition) is 0. The predicted molar refractivity (Wildman–Crippen MR) is 141 cm³/mol. The first kappa shape index (κ1) is 21.6. The molecule has 0 aromatic heterocycles. The van der Waals surface area contributed by atoms with Gasteiger partial charge in [-0.3, -0.25) is 0 Å². The zero-order chi connectivity index (χ0) is 22.4. The molecule has 0 spiro atoms. The van der Waals surface area contributed by atoms with Gasteiger partial charge in [0.15, 0.2) is 0 Å². The number of rotatable bonds is 4. The van der Waals surface area contributed by atoms with E-state index in [0.29, 0.717) is 0 Å². The summed E-state index contributed by atoms with van der Waals surface area (Å²) in [6.45, 7) is 6.82. The summed E-state index contributed by atoms with van der Waals surface area (Å²) >= 11 is 0. The Morgan fingerprint density at radius 2 is 0.812 bits per heavy atom. The quantitative estimate of drug-likeness (QED) is 0.176. The maximum Gasteiger partial charge on any atom is 0.129 e. The molecule has 4 aromatic carbocycles. The highest BCUT2D eigenvalue weighted by molar-refractivity contribution is 6.83. The molecule has 0 atom stereocenters. The van der Waals surface area contributed by atoms with Crippen LogP contribution in [0, 0.1) is 11.5 Å². The molecule has 4 aromatic rings. The maximum absolute atomic E-state index is 3.47. The predicted octanol–water partition coefficient (Wildman–Crippen LogP) is 7.92. The second kappa shape index (κ2) is 9.69. The molecule has 0 saturated heterocycles. The molecule has 0 N–H and O–H groups in total. The lowest BCUT2D eigenvalue weighted by atomic mass is 9.85. The highest BCUT2D eigenvalue weighted by atomic mass is 28.3. The molecular weight excluding hydrogens is 400 g/mol. The van der Waals surface area contributed by atoms with Crippen LogP contribution >= 0.6 is 0 Å². The van der Waals surface area contributed by atoms with E-state index in [0.717, 1.165) is 5.56 Å². The van der Waals surface area contributed by atoms with E-state index in [-0.39, 0.29) is 0 Å². The third-order valence-electron chi connectivity index (χ3n) is 5.19. The Labute approximate surface area is 193 Å². The Morgan fingerprint density at radius 3 is 1.16 bits per heavy atom. The van der Waals surface area contributed by atoms with Gasteiger partial charge >= 0.3 is 0 Å². The summed E-state index contributed by atoms with van der Waals surface area (Å²) < 4.78 is 0. The summed E-state index contributed by atoms with van der Waals surface area (Å²) in [6.07, 6.45) is 0. The lowest BCUT2D eigenvalue weighted by molar-refractivity contribution is 1.49. The van der Waals surface area contributed by atoms with E-state index < -0.39 is 8.07 Å². The van der Waals surface area contributed by atoms with E-state index in [4.69, 9.17) is 0 Å². The minimum atomic E-state index is -1.40. The van der Waals surface area contributed by atoms with Crippen molar-refractivity contribution in [3.63, 3.8) is 0 Å². The van der Waals surface area contributed by atoms with Gasteiger partial charge in [0, 0.05) is 5.56 Å². The third-order valence-corrected chi connectivity index (χ3v) is 6.07. The van der Waals surface area contributed by atoms with Crippen molar-refractivity contribution >= 4 is 19.2 Å². The molecule has 4 rings (SSSR count). The topological polar surface area (TPSA) is 0 Å². The van der Waals surface area contributed by atoms with Gasteiger partial charge in [-0.25, -0.2) is 0 Å². The number of hydrogen-bond donors (Lipinski definition) is 0. The second-order valence-electron chi connectivity index (χ2n) is 8.93. The van der Waals surface area contributed by atoms with E-state index >= 15 is 0 Å². The van der Waals surface area contributed by atoms with Crippen LogP contribution in [-0.4, -0.2) is 8.07 Å². The summed E-state index contributed by atoms with van der Waals surface area (Å²) in [5, 5.41) is 0. The molecule has 0 heterocycles. The Kier molecular flexibility index (Phi) is 6.54. The van der Waals surface area contributed by atoms with E-state index in [9.17, 15) is 0 Å². The number of benzene rings is 4. The molecular formula is C31H28Si. The normalized spacial score (nSPS) is 10.7. The van der Waals surface area contributed by atoms with Crippen LogP contribution in [-0.2, 0) is 0 Å². The van der Waals surface area contributed by atoms with Crippen molar-refractivity contribution < 1.29 is 0 Å². The fourth-order valence-corrected chi connectivity index (χ4v) is 4.22. The molecule has 0 bridgehead atoms. The average molecular weight is 429 g/mol. The van der Waals surface area contributed by atoms with Crippen LogP contribution < -0.4 is 0 Å². The van der Waals surface area contributed by atoms with E-state index in [1.807, 2.05) is 0 Å². The molecule has 0 saturated carbocycles. The first-order valence-corrected chi connectivity index (χ1v) is 14.6. The van der Waals surface area contributed by atoms with E-state index in [2.05, 4.69) is 146 Å². The van der Waals surface area contributed by atoms with Gasteiger partial charge in [0.1, 0.15) is 8.07 Å². The fraction of sp³-hybridized carbons (Fsp3) is 0.0968. The minimum absolute atomic E-state index is 1.07. The SMILES string of the molecule is C[Si](C)(C)C#Cc1ccc(C(=C(c2ccccc2)c2ccccc2)c2ccccc2)cc1. The summed E-state index contributed by atoms with van der Waals surface area (Å²) in [4.78, 5) is 0. The first-order chi connectivity index (χ1) is 15.5. The van der Waals surface area contributed by atoms with Gasteiger partial charge in [0.2, 0.25) is 0 Å². The first-order valence-electron chi connectivity index (χ1n) is 11.1. The van der Waals surface area contributed by atoms with Crippen molar-refractivity contribution in [2.24, 2.45) is 0 Å². The molecule has 0 fully saturated rings. The lowest BCUT2D eigenvalue weighted by Gasteiger charge is -2.18. The Hall–Kier alpha value is -3.60. The molecule has 0 aliphatic carbocycles. The summed E-state index contributed by atoms with van der Waals surface area (Å²) in [5.74, 6) is 3.38. The van der Waals surface area contributed by atoms with Crippen molar-refractivity contribution in [2.45, 2.75) is 19.6 Å². The lowest BCUT2D eigenvalue weighted by Crippen LogP contribution is -2.16. The smallest absolute Gasteiger partial charge is 0.127 e. The summed E-state index contributed by atoms with van der Waals surface area (Å²) in [7, 11) is -1.40. The van der Waals surface area contributed by atoms with Gasteiger partial charge in [0.05, 0.1) is 0 Å². The van der Waals surface area contributed by atoms with Gasteiger partial charge in [-0.1, -0.05) is 129 Å². The van der Waals surface area contributed by atoms with Crippen molar-refractivity contribution in [2.75, 3.05) is 0 Å². The Bertz CT molecular complexity index is 1210. The molecule has 32 heavy (non-hydrogen) atoms. The van der Waals surface area contributed by atoms with E-state index in [1.54, 1.807) is 0 Å². The highest BCUT2D eigenvalue weighted by Crippen LogP contribution is 2.36. The Morgan fingerprint density at radius 1 is 0.469 bits per heavy atom. The second-order valence-corrected chi connectivity index (χ2v) is 13.7. The van der Waals surface area contributed by atoms with Crippen LogP contribution in [0.15, 0.2) is 115 Å². The molecule has 0 aliphatic heterocycles. The van der Waals surface area contributed by atoms with Crippen LogP contribution in [0.2, 0.25) is 19.6 Å². The highest BCUT2D eigenvalue weighted by Gasteiger charge is 2.16. The largest absolute Gasteiger partial charge is 0.129 e. The van der Waals surface area contributed by atoms with Gasteiger partial charge in [0.25, 0.3) is 0 Å². The Balaban J connectivity index is 1.96. The summed E-state index contributed by atoms with van der Waals surface area (Å²) in [6, 6.07) is 40.7.